The zero-order chi connectivity index (χ0) is 15.2. The van der Waals surface area contributed by atoms with Crippen molar-refractivity contribution >= 4 is 11.6 Å². The minimum Gasteiger partial charge on any atom is -0.325 e. The molecule has 116 valence electrons. The van der Waals surface area contributed by atoms with Gasteiger partial charge in [-0.25, -0.2) is 8.78 Å². The number of rotatable bonds is 5. The standard InChI is InChI=1S/C15H21F2N3O/c1-2-20(14-4-3-5-18-9-14)10-15(21)19-13-7-11(16)6-12(17)8-13/h6-8,14,18H,2-5,9-10H2,1H3,(H,19,21). The topological polar surface area (TPSA) is 44.4 Å². The molecular formula is C15H21F2N3O. The number of likely N-dealkylation sites (N-methyl/N-ethyl adjacent to an activating group) is 1. The molecule has 1 aliphatic heterocycles. The van der Waals surface area contributed by atoms with Crippen LogP contribution in [0.2, 0.25) is 0 Å². The maximum atomic E-state index is 13.1. The van der Waals surface area contributed by atoms with E-state index in [2.05, 4.69) is 15.5 Å². The van der Waals surface area contributed by atoms with Crippen molar-refractivity contribution in [2.75, 3.05) is 31.5 Å². The van der Waals surface area contributed by atoms with Crippen molar-refractivity contribution in [3.8, 4) is 0 Å². The summed E-state index contributed by atoms with van der Waals surface area (Å²) in [6.45, 7) is 4.88. The number of benzene rings is 1. The molecule has 0 bridgehead atoms. The van der Waals surface area contributed by atoms with Gasteiger partial charge >= 0.3 is 0 Å². The van der Waals surface area contributed by atoms with Gasteiger partial charge in [-0.1, -0.05) is 6.92 Å². The molecule has 0 spiro atoms. The second kappa shape index (κ2) is 7.47. The third-order valence-electron chi connectivity index (χ3n) is 3.69. The van der Waals surface area contributed by atoms with Crippen molar-refractivity contribution < 1.29 is 13.6 Å². The summed E-state index contributed by atoms with van der Waals surface area (Å²) in [5.74, 6) is -1.66. The molecule has 1 atom stereocenters. The first kappa shape index (κ1) is 15.9. The number of hydrogen-bond acceptors (Lipinski definition) is 3. The van der Waals surface area contributed by atoms with Crippen LogP contribution in [-0.4, -0.2) is 43.0 Å². The zero-order valence-corrected chi connectivity index (χ0v) is 12.2. The van der Waals surface area contributed by atoms with Gasteiger partial charge in [0, 0.05) is 24.3 Å². The molecule has 0 radical (unpaired) electrons. The number of nitrogens with one attached hydrogen (secondary N) is 2. The number of nitrogens with zero attached hydrogens (tertiary/aromatic N) is 1. The summed E-state index contributed by atoms with van der Waals surface area (Å²) in [4.78, 5) is 14.1. The highest BCUT2D eigenvalue weighted by molar-refractivity contribution is 5.92. The van der Waals surface area contributed by atoms with E-state index in [1.807, 2.05) is 6.92 Å². The summed E-state index contributed by atoms with van der Waals surface area (Å²) >= 11 is 0. The molecule has 1 aromatic carbocycles. The molecular weight excluding hydrogens is 276 g/mol. The summed E-state index contributed by atoms with van der Waals surface area (Å²) in [6.07, 6.45) is 2.15. The van der Waals surface area contributed by atoms with Crippen LogP contribution in [0.15, 0.2) is 18.2 Å². The van der Waals surface area contributed by atoms with Crippen molar-refractivity contribution in [2.24, 2.45) is 0 Å². The average Bonchev–Trinajstić information content (AvgIpc) is 2.44. The molecule has 1 aliphatic rings. The SMILES string of the molecule is CCN(CC(=O)Nc1cc(F)cc(F)c1)C1CCCNC1. The molecule has 6 heteroatoms. The van der Waals surface area contributed by atoms with E-state index in [0.29, 0.717) is 6.04 Å². The number of piperidine rings is 1. The van der Waals surface area contributed by atoms with Crippen LogP contribution >= 0.6 is 0 Å². The van der Waals surface area contributed by atoms with Crippen LogP contribution < -0.4 is 10.6 Å². The Hall–Kier alpha value is -1.53. The maximum Gasteiger partial charge on any atom is 0.238 e. The first-order chi connectivity index (χ1) is 10.1. The fraction of sp³-hybridized carbons (Fsp3) is 0.533. The van der Waals surface area contributed by atoms with E-state index in [9.17, 15) is 13.6 Å². The Balaban J connectivity index is 1.92. The molecule has 1 unspecified atom stereocenters. The fourth-order valence-electron chi connectivity index (χ4n) is 2.66. The molecule has 2 N–H and O–H groups in total. The Morgan fingerprint density at radius 1 is 1.38 bits per heavy atom. The van der Waals surface area contributed by atoms with Crippen molar-refractivity contribution in [1.29, 1.82) is 0 Å². The Morgan fingerprint density at radius 3 is 2.67 bits per heavy atom. The van der Waals surface area contributed by atoms with Gasteiger partial charge in [0.05, 0.1) is 6.54 Å². The van der Waals surface area contributed by atoms with Crippen molar-refractivity contribution in [3.05, 3.63) is 29.8 Å². The van der Waals surface area contributed by atoms with Crippen LogP contribution in [0, 0.1) is 11.6 Å². The van der Waals surface area contributed by atoms with Crippen LogP contribution in [0.5, 0.6) is 0 Å². The lowest BCUT2D eigenvalue weighted by Crippen LogP contribution is -2.48. The number of halogens is 2. The first-order valence-corrected chi connectivity index (χ1v) is 7.29. The van der Waals surface area contributed by atoms with Crippen molar-refractivity contribution in [3.63, 3.8) is 0 Å². The zero-order valence-electron chi connectivity index (χ0n) is 12.2. The lowest BCUT2D eigenvalue weighted by atomic mass is 10.1. The Morgan fingerprint density at radius 2 is 2.10 bits per heavy atom. The molecule has 21 heavy (non-hydrogen) atoms. The molecule has 0 saturated carbocycles. The van der Waals surface area contributed by atoms with Crippen LogP contribution in [0.4, 0.5) is 14.5 Å². The monoisotopic (exact) mass is 297 g/mol. The van der Waals surface area contributed by atoms with Crippen LogP contribution in [0.1, 0.15) is 19.8 Å². The summed E-state index contributed by atoms with van der Waals surface area (Å²) in [6, 6.07) is 3.33. The molecule has 4 nitrogen and oxygen atoms in total. The van der Waals surface area contributed by atoms with Gasteiger partial charge in [-0.2, -0.15) is 0 Å². The average molecular weight is 297 g/mol. The molecule has 1 amide bonds. The smallest absolute Gasteiger partial charge is 0.238 e. The van der Waals surface area contributed by atoms with E-state index in [4.69, 9.17) is 0 Å². The lowest BCUT2D eigenvalue weighted by molar-refractivity contribution is -0.117. The summed E-state index contributed by atoms with van der Waals surface area (Å²) in [7, 11) is 0. The highest BCUT2D eigenvalue weighted by Crippen LogP contribution is 2.14. The fourth-order valence-corrected chi connectivity index (χ4v) is 2.66. The molecule has 0 aromatic heterocycles. The van der Waals surface area contributed by atoms with Crippen molar-refractivity contribution in [2.45, 2.75) is 25.8 Å². The molecule has 1 aromatic rings. The van der Waals surface area contributed by atoms with E-state index in [0.717, 1.165) is 50.7 Å². The summed E-state index contributed by atoms with van der Waals surface area (Å²) in [5.41, 5.74) is 0.148. The van der Waals surface area contributed by atoms with Gasteiger partial charge in [0.2, 0.25) is 5.91 Å². The number of amides is 1. The maximum absolute atomic E-state index is 13.1. The number of carbonyl (C=O) groups excluding carboxylic acids is 1. The first-order valence-electron chi connectivity index (χ1n) is 7.29. The van der Waals surface area contributed by atoms with E-state index in [1.165, 1.54) is 0 Å². The minimum atomic E-state index is -0.700. The minimum absolute atomic E-state index is 0.148. The van der Waals surface area contributed by atoms with Crippen molar-refractivity contribution in [1.82, 2.24) is 10.2 Å². The highest BCUT2D eigenvalue weighted by atomic mass is 19.1. The second-order valence-electron chi connectivity index (χ2n) is 5.27. The van der Waals surface area contributed by atoms with Gasteiger partial charge in [-0.3, -0.25) is 9.69 Å². The number of anilines is 1. The Kier molecular flexibility index (Phi) is 5.64. The largest absolute Gasteiger partial charge is 0.325 e. The van der Waals surface area contributed by atoms with Crippen LogP contribution in [0.3, 0.4) is 0 Å². The Labute approximate surface area is 123 Å². The van der Waals surface area contributed by atoms with Crippen LogP contribution in [-0.2, 0) is 4.79 Å². The third-order valence-corrected chi connectivity index (χ3v) is 3.69. The van der Waals surface area contributed by atoms with E-state index >= 15 is 0 Å². The normalized spacial score (nSPS) is 18.8. The molecule has 2 rings (SSSR count). The molecule has 1 saturated heterocycles. The van der Waals surface area contributed by atoms with E-state index in [-0.39, 0.29) is 18.1 Å². The quantitative estimate of drug-likeness (QED) is 0.873. The molecule has 0 aliphatic carbocycles. The van der Waals surface area contributed by atoms with Gasteiger partial charge in [0.1, 0.15) is 11.6 Å². The van der Waals surface area contributed by atoms with Gasteiger partial charge < -0.3 is 10.6 Å². The second-order valence-corrected chi connectivity index (χ2v) is 5.27. The summed E-state index contributed by atoms with van der Waals surface area (Å²) < 4.78 is 26.2. The van der Waals surface area contributed by atoms with Gasteiger partial charge in [0.15, 0.2) is 0 Å². The predicted molar refractivity (Wildman–Crippen MR) is 78.1 cm³/mol. The molecule has 1 fully saturated rings. The summed E-state index contributed by atoms with van der Waals surface area (Å²) in [5, 5.41) is 5.86. The third kappa shape index (κ3) is 4.75. The number of carbonyl (C=O) groups is 1. The Bertz CT molecular complexity index is 470. The highest BCUT2D eigenvalue weighted by Gasteiger charge is 2.21. The van der Waals surface area contributed by atoms with Gasteiger partial charge in [-0.15, -0.1) is 0 Å². The van der Waals surface area contributed by atoms with E-state index < -0.39 is 11.6 Å². The van der Waals surface area contributed by atoms with Crippen LogP contribution in [0.25, 0.3) is 0 Å². The molecule has 1 heterocycles. The predicted octanol–water partition coefficient (Wildman–Crippen LogP) is 1.98. The number of hydrogen-bond donors (Lipinski definition) is 2. The van der Waals surface area contributed by atoms with Gasteiger partial charge in [-0.05, 0) is 38.1 Å². The van der Waals surface area contributed by atoms with Gasteiger partial charge in [0.25, 0.3) is 0 Å². The van der Waals surface area contributed by atoms with E-state index in [1.54, 1.807) is 0 Å². The lowest BCUT2D eigenvalue weighted by Gasteiger charge is -2.33.